The fraction of sp³-hybridized carbons (Fsp3) is 0.467. The van der Waals surface area contributed by atoms with Crippen molar-refractivity contribution < 1.29 is 14.6 Å². The summed E-state index contributed by atoms with van der Waals surface area (Å²) < 4.78 is 11.5. The van der Waals surface area contributed by atoms with Crippen LogP contribution in [0.5, 0.6) is 0 Å². The van der Waals surface area contributed by atoms with E-state index in [2.05, 4.69) is 13.8 Å². The summed E-state index contributed by atoms with van der Waals surface area (Å²) in [6.07, 6.45) is 1.24. The molecule has 1 aromatic carbocycles. The van der Waals surface area contributed by atoms with Crippen LogP contribution in [-0.2, 0) is 9.47 Å². The van der Waals surface area contributed by atoms with Gasteiger partial charge < -0.3 is 14.6 Å². The van der Waals surface area contributed by atoms with Crippen LogP contribution >= 0.6 is 0 Å². The first kappa shape index (κ1) is 11.9. The monoisotopic (exact) mass is 246 g/mol. The van der Waals surface area contributed by atoms with Gasteiger partial charge in [-0.2, -0.15) is 0 Å². The highest BCUT2D eigenvalue weighted by atomic mass is 16.7. The molecule has 1 heterocycles. The molecule has 0 radical (unpaired) electrons. The summed E-state index contributed by atoms with van der Waals surface area (Å²) in [4.78, 5) is 0. The first-order chi connectivity index (χ1) is 8.53. The van der Waals surface area contributed by atoms with Crippen molar-refractivity contribution in [2.45, 2.75) is 25.7 Å². The second-order valence-electron chi connectivity index (χ2n) is 5.82. The third-order valence-electron chi connectivity index (χ3n) is 3.43. The molecule has 18 heavy (non-hydrogen) atoms. The van der Waals surface area contributed by atoms with Crippen LogP contribution in [0.4, 0.5) is 0 Å². The molecule has 1 N–H and O–H groups in total. The Labute approximate surface area is 107 Å². The van der Waals surface area contributed by atoms with E-state index in [1.165, 1.54) is 0 Å². The number of hydrogen-bond acceptors (Lipinski definition) is 3. The zero-order chi connectivity index (χ0) is 12.8. The van der Waals surface area contributed by atoms with Crippen molar-refractivity contribution in [1.29, 1.82) is 0 Å². The Morgan fingerprint density at radius 1 is 1.11 bits per heavy atom. The first-order valence-electron chi connectivity index (χ1n) is 6.27. The van der Waals surface area contributed by atoms with Gasteiger partial charge in [0.2, 0.25) is 5.79 Å². The summed E-state index contributed by atoms with van der Waals surface area (Å²) in [5.41, 5.74) is 1.74. The van der Waals surface area contributed by atoms with Crippen LogP contribution in [0.25, 0.3) is 0 Å². The summed E-state index contributed by atoms with van der Waals surface area (Å²) in [5.74, 6) is -0.731. The van der Waals surface area contributed by atoms with Crippen molar-refractivity contribution in [3.05, 3.63) is 47.5 Å². The largest absolute Gasteiger partial charge is 0.384 e. The molecule has 3 nitrogen and oxygen atoms in total. The van der Waals surface area contributed by atoms with Crippen LogP contribution in [0.2, 0.25) is 0 Å². The van der Waals surface area contributed by atoms with Gasteiger partial charge in [0.05, 0.1) is 13.2 Å². The van der Waals surface area contributed by atoms with Gasteiger partial charge >= 0.3 is 0 Å². The highest BCUT2D eigenvalue weighted by Gasteiger charge is 2.54. The van der Waals surface area contributed by atoms with Crippen molar-refractivity contribution in [2.75, 3.05) is 13.2 Å². The van der Waals surface area contributed by atoms with Gasteiger partial charge in [-0.3, -0.25) is 0 Å². The van der Waals surface area contributed by atoms with E-state index in [1.807, 2.05) is 36.4 Å². The number of aliphatic hydroxyl groups excluding tert-OH is 1. The van der Waals surface area contributed by atoms with E-state index in [1.54, 1.807) is 0 Å². The Hall–Kier alpha value is -1.16. The molecule has 1 fully saturated rings. The molecule has 2 aliphatic rings. The molecule has 1 atom stereocenters. The van der Waals surface area contributed by atoms with Crippen molar-refractivity contribution in [2.24, 2.45) is 5.41 Å². The van der Waals surface area contributed by atoms with Gasteiger partial charge in [0, 0.05) is 11.0 Å². The molecular formula is C15H18O3. The zero-order valence-electron chi connectivity index (χ0n) is 10.7. The summed E-state index contributed by atoms with van der Waals surface area (Å²) in [5, 5.41) is 10.3. The third-order valence-corrected chi connectivity index (χ3v) is 3.43. The van der Waals surface area contributed by atoms with Crippen LogP contribution in [0, 0.1) is 5.41 Å². The Morgan fingerprint density at radius 3 is 2.33 bits per heavy atom. The average molecular weight is 246 g/mol. The molecule has 1 aliphatic carbocycles. The van der Waals surface area contributed by atoms with E-state index in [-0.39, 0.29) is 5.41 Å². The normalized spacial score (nSPS) is 25.6. The summed E-state index contributed by atoms with van der Waals surface area (Å²) >= 11 is 0. The lowest BCUT2D eigenvalue weighted by atomic mass is 9.95. The lowest BCUT2D eigenvalue weighted by Crippen LogP contribution is -2.41. The third kappa shape index (κ3) is 1.99. The van der Waals surface area contributed by atoms with E-state index in [0.717, 1.165) is 11.1 Å². The fourth-order valence-corrected chi connectivity index (χ4v) is 2.19. The van der Waals surface area contributed by atoms with Crippen LogP contribution in [0.3, 0.4) is 0 Å². The van der Waals surface area contributed by atoms with E-state index in [0.29, 0.717) is 13.2 Å². The average Bonchev–Trinajstić information content (AvgIpc) is 3.09. The maximum Gasteiger partial charge on any atom is 0.214 e. The Balaban J connectivity index is 1.69. The maximum absolute atomic E-state index is 10.3. The SMILES string of the molecule is CC1(C)COC2(C=C2C(O)c2ccccc2)OC1. The summed E-state index contributed by atoms with van der Waals surface area (Å²) in [6, 6.07) is 9.58. The molecule has 1 aromatic rings. The second-order valence-corrected chi connectivity index (χ2v) is 5.82. The number of aliphatic hydroxyl groups is 1. The van der Waals surface area contributed by atoms with Crippen LogP contribution in [-0.4, -0.2) is 24.1 Å². The highest BCUT2D eigenvalue weighted by molar-refractivity contribution is 5.46. The number of benzene rings is 1. The molecule has 1 spiro atoms. The van der Waals surface area contributed by atoms with Crippen molar-refractivity contribution in [3.63, 3.8) is 0 Å². The van der Waals surface area contributed by atoms with Crippen molar-refractivity contribution in [1.82, 2.24) is 0 Å². The molecule has 1 saturated heterocycles. The molecule has 0 bridgehead atoms. The molecule has 1 unspecified atom stereocenters. The Morgan fingerprint density at radius 2 is 1.72 bits per heavy atom. The summed E-state index contributed by atoms with van der Waals surface area (Å²) in [7, 11) is 0. The van der Waals surface area contributed by atoms with Crippen LogP contribution in [0.15, 0.2) is 42.0 Å². The first-order valence-corrected chi connectivity index (χ1v) is 6.27. The van der Waals surface area contributed by atoms with Crippen LogP contribution < -0.4 is 0 Å². The number of ether oxygens (including phenoxy) is 2. The molecule has 96 valence electrons. The minimum absolute atomic E-state index is 0.0461. The highest BCUT2D eigenvalue weighted by Crippen LogP contribution is 2.50. The molecule has 3 heteroatoms. The van der Waals surface area contributed by atoms with Gasteiger partial charge in [-0.05, 0) is 11.6 Å². The standard InChI is InChI=1S/C15H18O3/c1-14(2)9-17-15(18-10-14)8-12(15)13(16)11-6-4-3-5-7-11/h3-8,13,16H,9-10H2,1-2H3. The second kappa shape index (κ2) is 3.92. The van der Waals surface area contributed by atoms with Gasteiger partial charge in [-0.1, -0.05) is 44.2 Å². The predicted octanol–water partition coefficient (Wildman–Crippen LogP) is 2.43. The fourth-order valence-electron chi connectivity index (χ4n) is 2.19. The molecule has 1 aliphatic heterocycles. The zero-order valence-corrected chi connectivity index (χ0v) is 10.7. The maximum atomic E-state index is 10.3. The van der Waals surface area contributed by atoms with Gasteiger partial charge in [-0.25, -0.2) is 0 Å². The van der Waals surface area contributed by atoms with E-state index >= 15 is 0 Å². The molecule has 0 amide bonds. The number of rotatable bonds is 2. The van der Waals surface area contributed by atoms with Gasteiger partial charge in [0.1, 0.15) is 6.10 Å². The molecule has 3 rings (SSSR count). The lowest BCUT2D eigenvalue weighted by Gasteiger charge is -2.36. The van der Waals surface area contributed by atoms with Crippen LogP contribution in [0.1, 0.15) is 25.5 Å². The van der Waals surface area contributed by atoms with Crippen molar-refractivity contribution in [3.8, 4) is 0 Å². The molecule has 0 aromatic heterocycles. The van der Waals surface area contributed by atoms with Crippen molar-refractivity contribution >= 4 is 0 Å². The minimum Gasteiger partial charge on any atom is -0.384 e. The Kier molecular flexibility index (Phi) is 2.59. The smallest absolute Gasteiger partial charge is 0.214 e. The predicted molar refractivity (Wildman–Crippen MR) is 67.9 cm³/mol. The molecular weight excluding hydrogens is 228 g/mol. The van der Waals surface area contributed by atoms with E-state index < -0.39 is 11.9 Å². The summed E-state index contributed by atoms with van der Waals surface area (Å²) in [6.45, 7) is 5.51. The minimum atomic E-state index is -0.731. The van der Waals surface area contributed by atoms with E-state index in [9.17, 15) is 5.11 Å². The van der Waals surface area contributed by atoms with Gasteiger partial charge in [0.25, 0.3) is 0 Å². The van der Waals surface area contributed by atoms with E-state index in [4.69, 9.17) is 9.47 Å². The topological polar surface area (TPSA) is 38.7 Å². The quantitative estimate of drug-likeness (QED) is 0.814. The van der Waals surface area contributed by atoms with Gasteiger partial charge in [-0.15, -0.1) is 0 Å². The molecule has 0 saturated carbocycles. The Bertz CT molecular complexity index is 466. The number of hydrogen-bond donors (Lipinski definition) is 1. The van der Waals surface area contributed by atoms with Gasteiger partial charge in [0.15, 0.2) is 0 Å². The lowest BCUT2D eigenvalue weighted by molar-refractivity contribution is -0.233.